The van der Waals surface area contributed by atoms with Crippen LogP contribution in [0.4, 0.5) is 0 Å². The van der Waals surface area contributed by atoms with Crippen molar-refractivity contribution >= 4 is 0 Å². The lowest BCUT2D eigenvalue weighted by Crippen LogP contribution is -2.83. The van der Waals surface area contributed by atoms with Gasteiger partial charge in [-0.3, -0.25) is 0 Å². The van der Waals surface area contributed by atoms with Crippen molar-refractivity contribution in [3.8, 4) is 11.5 Å². The molecule has 1 aliphatic carbocycles. The molecule has 0 bridgehead atoms. The van der Waals surface area contributed by atoms with E-state index in [4.69, 9.17) is 9.47 Å². The van der Waals surface area contributed by atoms with E-state index in [0.29, 0.717) is 18.8 Å². The van der Waals surface area contributed by atoms with E-state index in [1.54, 1.807) is 0 Å². The minimum atomic E-state index is 0.356. The summed E-state index contributed by atoms with van der Waals surface area (Å²) in [5, 5.41) is 2.36. The molecule has 2 aromatic rings. The van der Waals surface area contributed by atoms with Crippen LogP contribution in [0.5, 0.6) is 11.5 Å². The number of benzene rings is 2. The van der Waals surface area contributed by atoms with E-state index in [2.05, 4.69) is 60.8 Å². The van der Waals surface area contributed by atoms with Gasteiger partial charge in [0.05, 0.1) is 12.7 Å². The Balaban J connectivity index is 1.64. The molecule has 2 aromatic carbocycles. The second kappa shape index (κ2) is 8.91. The normalized spacial score (nSPS) is 15.9. The number of quaternary nitrogens is 1. The number of ether oxygens (including phenoxy) is 2. The van der Waals surface area contributed by atoms with Gasteiger partial charge in [-0.15, -0.1) is 0 Å². The third-order valence-corrected chi connectivity index (χ3v) is 4.94. The monoisotopic (exact) mass is 340 g/mol. The smallest absolute Gasteiger partial charge is 0.161 e. The first-order valence-electron chi connectivity index (χ1n) is 9.57. The van der Waals surface area contributed by atoms with Crippen molar-refractivity contribution < 1.29 is 14.8 Å². The van der Waals surface area contributed by atoms with Crippen LogP contribution in [-0.2, 0) is 6.54 Å². The van der Waals surface area contributed by atoms with Gasteiger partial charge in [0.15, 0.2) is 11.5 Å². The molecular formula is C22H30NO2+. The highest BCUT2D eigenvalue weighted by Crippen LogP contribution is 2.32. The highest BCUT2D eigenvalue weighted by Gasteiger charge is 2.19. The third kappa shape index (κ3) is 4.99. The van der Waals surface area contributed by atoms with Crippen LogP contribution >= 0.6 is 0 Å². The van der Waals surface area contributed by atoms with Crippen LogP contribution in [0.15, 0.2) is 48.5 Å². The SMILES string of the molecule is CCOc1cc(C[NH2+][C@H](C)c2ccccc2)ccc1OC1CCCC1. The summed E-state index contributed by atoms with van der Waals surface area (Å²) in [4.78, 5) is 0. The largest absolute Gasteiger partial charge is 0.490 e. The van der Waals surface area contributed by atoms with Crippen LogP contribution in [0.3, 0.4) is 0 Å². The Bertz CT molecular complexity index is 650. The summed E-state index contributed by atoms with van der Waals surface area (Å²) < 4.78 is 12.0. The molecule has 1 fully saturated rings. The van der Waals surface area contributed by atoms with Gasteiger partial charge in [-0.1, -0.05) is 30.3 Å². The second-order valence-electron chi connectivity index (χ2n) is 6.88. The van der Waals surface area contributed by atoms with Gasteiger partial charge in [-0.25, -0.2) is 0 Å². The van der Waals surface area contributed by atoms with Gasteiger partial charge in [0, 0.05) is 11.1 Å². The Morgan fingerprint density at radius 3 is 2.52 bits per heavy atom. The minimum Gasteiger partial charge on any atom is -0.490 e. The fraction of sp³-hybridized carbons (Fsp3) is 0.455. The van der Waals surface area contributed by atoms with E-state index in [-0.39, 0.29) is 0 Å². The molecule has 3 nitrogen and oxygen atoms in total. The van der Waals surface area contributed by atoms with Crippen molar-refractivity contribution in [1.82, 2.24) is 0 Å². The molecule has 1 aliphatic rings. The summed E-state index contributed by atoms with van der Waals surface area (Å²) in [6.07, 6.45) is 5.23. The predicted molar refractivity (Wildman–Crippen MR) is 101 cm³/mol. The van der Waals surface area contributed by atoms with Gasteiger partial charge in [-0.05, 0) is 57.7 Å². The van der Waals surface area contributed by atoms with E-state index >= 15 is 0 Å². The molecule has 1 atom stereocenters. The molecule has 0 aliphatic heterocycles. The zero-order valence-electron chi connectivity index (χ0n) is 15.4. The van der Waals surface area contributed by atoms with Gasteiger partial charge in [0.2, 0.25) is 0 Å². The lowest BCUT2D eigenvalue weighted by Gasteiger charge is -2.17. The molecule has 0 spiro atoms. The Hall–Kier alpha value is -2.00. The maximum Gasteiger partial charge on any atom is 0.161 e. The van der Waals surface area contributed by atoms with E-state index in [9.17, 15) is 0 Å². The maximum atomic E-state index is 6.17. The second-order valence-corrected chi connectivity index (χ2v) is 6.88. The van der Waals surface area contributed by atoms with Gasteiger partial charge in [0.25, 0.3) is 0 Å². The van der Waals surface area contributed by atoms with E-state index in [1.807, 2.05) is 6.92 Å². The van der Waals surface area contributed by atoms with E-state index < -0.39 is 0 Å². The van der Waals surface area contributed by atoms with Crippen molar-refractivity contribution in [3.05, 3.63) is 59.7 Å². The molecule has 0 unspecified atom stereocenters. The third-order valence-electron chi connectivity index (χ3n) is 4.94. The Morgan fingerprint density at radius 2 is 1.80 bits per heavy atom. The van der Waals surface area contributed by atoms with Crippen molar-refractivity contribution in [3.63, 3.8) is 0 Å². The molecular weight excluding hydrogens is 310 g/mol. The van der Waals surface area contributed by atoms with E-state index in [1.165, 1.54) is 24.0 Å². The van der Waals surface area contributed by atoms with Crippen LogP contribution in [0.25, 0.3) is 0 Å². The Labute approximate surface area is 151 Å². The van der Waals surface area contributed by atoms with Gasteiger partial charge < -0.3 is 14.8 Å². The fourth-order valence-electron chi connectivity index (χ4n) is 3.44. The van der Waals surface area contributed by atoms with Gasteiger partial charge in [0.1, 0.15) is 12.6 Å². The summed E-state index contributed by atoms with van der Waals surface area (Å²) in [5.41, 5.74) is 2.62. The lowest BCUT2D eigenvalue weighted by molar-refractivity contribution is -0.707. The molecule has 1 saturated carbocycles. The van der Waals surface area contributed by atoms with Crippen LogP contribution in [0.2, 0.25) is 0 Å². The quantitative estimate of drug-likeness (QED) is 0.780. The molecule has 2 N–H and O–H groups in total. The standard InChI is InChI=1S/C22H29NO2/c1-3-24-22-15-18(13-14-21(22)25-20-11-7-8-12-20)16-23-17(2)19-9-5-4-6-10-19/h4-6,9-10,13-15,17,20,23H,3,7-8,11-12,16H2,1-2H3/p+1/t17-/m1/s1. The highest BCUT2D eigenvalue weighted by atomic mass is 16.5. The molecule has 0 aromatic heterocycles. The first kappa shape index (κ1) is 17.8. The predicted octanol–water partition coefficient (Wildman–Crippen LogP) is 4.23. The fourth-order valence-corrected chi connectivity index (χ4v) is 3.44. The molecule has 0 heterocycles. The van der Waals surface area contributed by atoms with Crippen molar-refractivity contribution in [2.75, 3.05) is 6.61 Å². The summed E-state index contributed by atoms with van der Waals surface area (Å²) in [6.45, 7) is 5.86. The number of nitrogens with two attached hydrogens (primary N) is 1. The molecule has 134 valence electrons. The van der Waals surface area contributed by atoms with Crippen molar-refractivity contribution in [2.24, 2.45) is 0 Å². The zero-order chi connectivity index (χ0) is 17.5. The topological polar surface area (TPSA) is 35.1 Å². The van der Waals surface area contributed by atoms with Gasteiger partial charge in [-0.2, -0.15) is 0 Å². The summed E-state index contributed by atoms with van der Waals surface area (Å²) in [7, 11) is 0. The van der Waals surface area contributed by atoms with Crippen molar-refractivity contribution in [1.29, 1.82) is 0 Å². The molecule has 0 saturated heterocycles. The van der Waals surface area contributed by atoms with Gasteiger partial charge >= 0.3 is 0 Å². The Kier molecular flexibility index (Phi) is 6.35. The summed E-state index contributed by atoms with van der Waals surface area (Å²) in [6, 6.07) is 17.5. The van der Waals surface area contributed by atoms with Crippen molar-refractivity contribution in [2.45, 2.75) is 58.2 Å². The van der Waals surface area contributed by atoms with Crippen LogP contribution in [-0.4, -0.2) is 12.7 Å². The molecule has 0 amide bonds. The Morgan fingerprint density at radius 1 is 1.04 bits per heavy atom. The molecule has 3 rings (SSSR count). The first-order valence-corrected chi connectivity index (χ1v) is 9.57. The number of hydrogen-bond acceptors (Lipinski definition) is 2. The minimum absolute atomic E-state index is 0.356. The van der Waals surface area contributed by atoms with E-state index in [0.717, 1.165) is 30.9 Å². The summed E-state index contributed by atoms with van der Waals surface area (Å²) >= 11 is 0. The average Bonchev–Trinajstić information content (AvgIpc) is 3.15. The first-order chi connectivity index (χ1) is 12.3. The molecule has 0 radical (unpaired) electrons. The van der Waals surface area contributed by atoms with Crippen LogP contribution in [0, 0.1) is 0 Å². The summed E-state index contributed by atoms with van der Waals surface area (Å²) in [5.74, 6) is 1.78. The highest BCUT2D eigenvalue weighted by molar-refractivity contribution is 5.43. The lowest BCUT2D eigenvalue weighted by atomic mass is 10.1. The maximum absolute atomic E-state index is 6.17. The van der Waals surface area contributed by atoms with Crippen LogP contribution in [0.1, 0.15) is 56.7 Å². The number of rotatable bonds is 8. The number of hydrogen-bond donors (Lipinski definition) is 1. The average molecular weight is 340 g/mol. The molecule has 3 heteroatoms. The zero-order valence-corrected chi connectivity index (χ0v) is 15.4. The van der Waals surface area contributed by atoms with Crippen LogP contribution < -0.4 is 14.8 Å². The molecule has 25 heavy (non-hydrogen) atoms.